The van der Waals surface area contributed by atoms with Gasteiger partial charge in [-0.2, -0.15) is 0 Å². The summed E-state index contributed by atoms with van der Waals surface area (Å²) < 4.78 is 0. The van der Waals surface area contributed by atoms with Gasteiger partial charge in [-0.25, -0.2) is 0 Å². The van der Waals surface area contributed by atoms with Crippen molar-refractivity contribution in [1.29, 1.82) is 0 Å². The maximum Gasteiger partial charge on any atom is 0.303 e. The molecule has 0 unspecified atom stereocenters. The van der Waals surface area contributed by atoms with Gasteiger partial charge in [0.15, 0.2) is 5.78 Å². The fraction of sp³-hybridized carbons (Fsp3) is 0.688. The summed E-state index contributed by atoms with van der Waals surface area (Å²) in [5, 5.41) is 44.3. The molecular formula is C32H46O13. The number of allylic oxidation sites excluding steroid dienone is 2. The maximum atomic E-state index is 11.9. The molecule has 2 aliphatic carbocycles. The van der Waals surface area contributed by atoms with E-state index in [0.717, 1.165) is 0 Å². The summed E-state index contributed by atoms with van der Waals surface area (Å²) in [5.41, 5.74) is 0. The van der Waals surface area contributed by atoms with Crippen LogP contribution < -0.4 is 0 Å². The lowest BCUT2D eigenvalue weighted by Gasteiger charge is -2.19. The molecule has 5 atom stereocenters. The summed E-state index contributed by atoms with van der Waals surface area (Å²) in [6.45, 7) is 0. The van der Waals surface area contributed by atoms with Crippen molar-refractivity contribution < 1.29 is 63.9 Å². The number of ketones is 4. The van der Waals surface area contributed by atoms with Crippen LogP contribution in [0.5, 0.6) is 0 Å². The third kappa shape index (κ3) is 16.8. The minimum absolute atomic E-state index is 0.0158. The van der Waals surface area contributed by atoms with Gasteiger partial charge in [-0.05, 0) is 69.3 Å². The largest absolute Gasteiger partial charge is 0.481 e. The van der Waals surface area contributed by atoms with Crippen LogP contribution in [0.15, 0.2) is 12.2 Å². The molecule has 0 aromatic carbocycles. The number of aliphatic hydroxyl groups excluding tert-OH is 1. The molecule has 0 aromatic rings. The van der Waals surface area contributed by atoms with Crippen LogP contribution in [0, 0.1) is 23.7 Å². The van der Waals surface area contributed by atoms with Gasteiger partial charge in [0.05, 0.1) is 6.10 Å². The number of aliphatic carboxylic acids is 4. The summed E-state index contributed by atoms with van der Waals surface area (Å²) in [5.74, 6) is -4.97. The van der Waals surface area contributed by atoms with Gasteiger partial charge >= 0.3 is 23.9 Å². The number of aliphatic hydroxyl groups is 1. The second kappa shape index (κ2) is 21.1. The quantitative estimate of drug-likeness (QED) is 0.107. The number of hydrogen-bond acceptors (Lipinski definition) is 9. The van der Waals surface area contributed by atoms with Gasteiger partial charge in [-0.15, -0.1) is 0 Å². The fourth-order valence-electron chi connectivity index (χ4n) is 5.79. The van der Waals surface area contributed by atoms with E-state index in [-0.39, 0.29) is 92.8 Å². The van der Waals surface area contributed by atoms with Crippen molar-refractivity contribution in [1.82, 2.24) is 0 Å². The van der Waals surface area contributed by atoms with Gasteiger partial charge < -0.3 is 25.5 Å². The smallest absolute Gasteiger partial charge is 0.303 e. The van der Waals surface area contributed by atoms with Gasteiger partial charge in [0, 0.05) is 69.6 Å². The number of Topliss-reactive ketones (excluding diaryl/α,β-unsaturated/α-hetero) is 3. The van der Waals surface area contributed by atoms with Crippen molar-refractivity contribution in [2.45, 2.75) is 115 Å². The average molecular weight is 639 g/mol. The average Bonchev–Trinajstić information content (AvgIpc) is 3.44. The number of carboxylic acid groups (broad SMARTS) is 4. The SMILES string of the molecule is O=C(O)CCCCC(=O)CC[C@H]1C(=O)C=C[C@@H]1CCC(=O)O.O=C(O)CCCCC(=O)CC[C@H]1C(=O)C[C@H](O)[C@@H]1CCC(=O)O. The van der Waals surface area contributed by atoms with E-state index in [1.54, 1.807) is 6.08 Å². The van der Waals surface area contributed by atoms with Crippen molar-refractivity contribution in [3.05, 3.63) is 12.2 Å². The standard InChI is InChI=1S/C16H24O7.C16H22O6/c17-10(3-1-2-4-15(20)21)5-6-11-12(7-8-16(22)23)14(19)9-13(11)18;17-12(3-1-2-4-15(19)20)7-8-13-11(5-9-14(13)18)6-10-16(21)22/h11-12,14,19H,1-9H2,(H,20,21)(H,22,23);5,9,11,13H,1-4,6-8,10H2,(H,19,20)(H,21,22)/t11-,12-,14+;11-,13-/m11/s1. The lowest BCUT2D eigenvalue weighted by atomic mass is 9.86. The summed E-state index contributed by atoms with van der Waals surface area (Å²) in [4.78, 5) is 89.2. The van der Waals surface area contributed by atoms with Crippen LogP contribution in [0.3, 0.4) is 0 Å². The second-order valence-corrected chi connectivity index (χ2v) is 11.8. The Morgan fingerprint density at radius 2 is 1.02 bits per heavy atom. The second-order valence-electron chi connectivity index (χ2n) is 11.8. The third-order valence-electron chi connectivity index (χ3n) is 8.27. The topological polar surface area (TPSA) is 238 Å². The van der Waals surface area contributed by atoms with E-state index >= 15 is 0 Å². The highest BCUT2D eigenvalue weighted by molar-refractivity contribution is 5.95. The van der Waals surface area contributed by atoms with E-state index in [0.29, 0.717) is 51.4 Å². The molecule has 2 aliphatic rings. The molecule has 2 rings (SSSR count). The number of hydrogen-bond donors (Lipinski definition) is 5. The normalized spacial score (nSPS) is 22.1. The van der Waals surface area contributed by atoms with E-state index in [4.69, 9.17) is 20.4 Å². The Morgan fingerprint density at radius 3 is 1.51 bits per heavy atom. The van der Waals surface area contributed by atoms with Gasteiger partial charge in [0.1, 0.15) is 17.3 Å². The molecule has 5 N–H and O–H groups in total. The van der Waals surface area contributed by atoms with E-state index in [1.165, 1.54) is 6.08 Å². The first-order valence-electron chi connectivity index (χ1n) is 15.5. The zero-order valence-corrected chi connectivity index (χ0v) is 25.6. The Bertz CT molecular complexity index is 1090. The van der Waals surface area contributed by atoms with Gasteiger partial charge in [0.25, 0.3) is 0 Å². The molecule has 0 spiro atoms. The lowest BCUT2D eigenvalue weighted by molar-refractivity contribution is -0.138. The van der Waals surface area contributed by atoms with Crippen LogP contribution in [0.1, 0.15) is 109 Å². The van der Waals surface area contributed by atoms with Crippen LogP contribution in [0.25, 0.3) is 0 Å². The molecule has 1 saturated carbocycles. The highest BCUT2D eigenvalue weighted by atomic mass is 16.4. The van der Waals surface area contributed by atoms with Crippen molar-refractivity contribution in [3.63, 3.8) is 0 Å². The first kappa shape index (κ1) is 39.3. The van der Waals surface area contributed by atoms with Gasteiger partial charge in [-0.3, -0.25) is 38.4 Å². The lowest BCUT2D eigenvalue weighted by Crippen LogP contribution is -2.22. The highest BCUT2D eigenvalue weighted by Gasteiger charge is 2.41. The van der Waals surface area contributed by atoms with E-state index in [9.17, 15) is 43.5 Å². The van der Waals surface area contributed by atoms with Crippen LogP contribution in [0.2, 0.25) is 0 Å². The molecular weight excluding hydrogens is 592 g/mol. The molecule has 0 bridgehead atoms. The third-order valence-corrected chi connectivity index (χ3v) is 8.27. The summed E-state index contributed by atoms with van der Waals surface area (Å²) in [7, 11) is 0. The molecule has 0 amide bonds. The van der Waals surface area contributed by atoms with Crippen molar-refractivity contribution in [2.24, 2.45) is 23.7 Å². The summed E-state index contributed by atoms with van der Waals surface area (Å²) in [6.07, 6.45) is 6.97. The Kier molecular flexibility index (Phi) is 18.4. The molecule has 0 aromatic heterocycles. The molecule has 1 fully saturated rings. The highest BCUT2D eigenvalue weighted by Crippen LogP contribution is 2.36. The van der Waals surface area contributed by atoms with Gasteiger partial charge in [0.2, 0.25) is 0 Å². The van der Waals surface area contributed by atoms with Crippen molar-refractivity contribution in [2.75, 3.05) is 0 Å². The number of unbranched alkanes of at least 4 members (excludes halogenated alkanes) is 2. The van der Waals surface area contributed by atoms with E-state index in [2.05, 4.69) is 0 Å². The zero-order chi connectivity index (χ0) is 33.9. The Labute approximate surface area is 262 Å². The van der Waals surface area contributed by atoms with Crippen LogP contribution in [-0.4, -0.2) is 78.6 Å². The zero-order valence-electron chi connectivity index (χ0n) is 25.6. The molecule has 13 nitrogen and oxygen atoms in total. The monoisotopic (exact) mass is 638 g/mol. The van der Waals surface area contributed by atoms with E-state index < -0.39 is 41.8 Å². The summed E-state index contributed by atoms with van der Waals surface area (Å²) in [6, 6.07) is 0. The van der Waals surface area contributed by atoms with Crippen LogP contribution in [-0.2, 0) is 38.4 Å². The van der Waals surface area contributed by atoms with Crippen LogP contribution >= 0.6 is 0 Å². The Morgan fingerprint density at radius 1 is 0.578 bits per heavy atom. The minimum atomic E-state index is -0.968. The summed E-state index contributed by atoms with van der Waals surface area (Å²) >= 11 is 0. The molecule has 0 radical (unpaired) electrons. The minimum Gasteiger partial charge on any atom is -0.481 e. The molecule has 0 heterocycles. The predicted molar refractivity (Wildman–Crippen MR) is 158 cm³/mol. The number of rotatable bonds is 22. The number of carbonyl (C=O) groups excluding carboxylic acids is 4. The van der Waals surface area contributed by atoms with Crippen molar-refractivity contribution >= 4 is 47.0 Å². The molecule has 0 aliphatic heterocycles. The Balaban J connectivity index is 0.000000450. The van der Waals surface area contributed by atoms with E-state index in [1.807, 2.05) is 0 Å². The number of carboxylic acids is 4. The fourth-order valence-corrected chi connectivity index (χ4v) is 5.79. The first-order chi connectivity index (χ1) is 21.2. The Hall–Kier alpha value is -3.74. The van der Waals surface area contributed by atoms with Crippen molar-refractivity contribution in [3.8, 4) is 0 Å². The maximum absolute atomic E-state index is 11.9. The van der Waals surface area contributed by atoms with Crippen LogP contribution in [0.4, 0.5) is 0 Å². The number of carbonyl (C=O) groups is 8. The molecule has 13 heteroatoms. The molecule has 45 heavy (non-hydrogen) atoms. The predicted octanol–water partition coefficient (Wildman–Crippen LogP) is 3.63. The van der Waals surface area contributed by atoms with Gasteiger partial charge in [-0.1, -0.05) is 6.08 Å². The first-order valence-corrected chi connectivity index (χ1v) is 15.5. The molecule has 0 saturated heterocycles. The molecule has 252 valence electrons.